The van der Waals surface area contributed by atoms with Gasteiger partial charge in [-0.3, -0.25) is 9.48 Å². The minimum Gasteiger partial charge on any atom is -0.493 e. The third-order valence-corrected chi connectivity index (χ3v) is 4.97. The topological polar surface area (TPSA) is 56.2 Å². The number of aryl methyl sites for hydroxylation is 1. The smallest absolute Gasteiger partial charge is 0.220 e. The first-order chi connectivity index (χ1) is 12.5. The number of hydrogen-bond donors (Lipinski definition) is 1. The molecule has 140 valence electrons. The van der Waals surface area contributed by atoms with Gasteiger partial charge in [0.15, 0.2) is 0 Å². The Labute approximate surface area is 155 Å². The van der Waals surface area contributed by atoms with Crippen LogP contribution in [0.2, 0.25) is 0 Å². The Kier molecular flexibility index (Phi) is 5.64. The molecule has 0 radical (unpaired) electrons. The summed E-state index contributed by atoms with van der Waals surface area (Å²) in [6.45, 7) is 10.1. The predicted octanol–water partition coefficient (Wildman–Crippen LogP) is 3.73. The standard InChI is InChI=1S/C21H29N3O2/c1-14(2)13-24-16(4)17(15(3)23-24)9-10-21(25)22-19-11-12-26-20-8-6-5-7-18(19)20/h5-8,14,19H,9-13H2,1-4H3,(H,22,25). The van der Waals surface area contributed by atoms with Crippen molar-refractivity contribution in [3.8, 4) is 5.75 Å². The van der Waals surface area contributed by atoms with Crippen molar-refractivity contribution in [2.45, 2.75) is 59.5 Å². The molecule has 1 aromatic carbocycles. The van der Waals surface area contributed by atoms with Gasteiger partial charge < -0.3 is 10.1 Å². The highest BCUT2D eigenvalue weighted by Gasteiger charge is 2.23. The van der Waals surface area contributed by atoms with Gasteiger partial charge in [0.05, 0.1) is 18.3 Å². The lowest BCUT2D eigenvalue weighted by Gasteiger charge is -2.26. The van der Waals surface area contributed by atoms with Gasteiger partial charge in [0.25, 0.3) is 0 Å². The van der Waals surface area contributed by atoms with Gasteiger partial charge >= 0.3 is 0 Å². The van der Waals surface area contributed by atoms with Crippen LogP contribution in [0.15, 0.2) is 24.3 Å². The van der Waals surface area contributed by atoms with E-state index < -0.39 is 0 Å². The lowest BCUT2D eigenvalue weighted by atomic mass is 10.00. The highest BCUT2D eigenvalue weighted by Crippen LogP contribution is 2.31. The first kappa shape index (κ1) is 18.5. The zero-order valence-corrected chi connectivity index (χ0v) is 16.2. The highest BCUT2D eigenvalue weighted by molar-refractivity contribution is 5.77. The molecule has 1 N–H and O–H groups in total. The predicted molar refractivity (Wildman–Crippen MR) is 102 cm³/mol. The van der Waals surface area contributed by atoms with Crippen LogP contribution in [0, 0.1) is 19.8 Å². The molecule has 2 aromatic rings. The van der Waals surface area contributed by atoms with Crippen LogP contribution in [0.25, 0.3) is 0 Å². The van der Waals surface area contributed by atoms with Gasteiger partial charge in [-0.05, 0) is 37.8 Å². The number of nitrogens with one attached hydrogen (secondary N) is 1. The molecule has 1 unspecified atom stereocenters. The summed E-state index contributed by atoms with van der Waals surface area (Å²) < 4.78 is 7.74. The quantitative estimate of drug-likeness (QED) is 0.859. The van der Waals surface area contributed by atoms with E-state index in [0.29, 0.717) is 18.9 Å². The Morgan fingerprint density at radius 3 is 2.88 bits per heavy atom. The number of nitrogens with zero attached hydrogens (tertiary/aromatic N) is 2. The SMILES string of the molecule is Cc1nn(CC(C)C)c(C)c1CCC(=O)NC1CCOc2ccccc21. The number of hydrogen-bond acceptors (Lipinski definition) is 3. The second-order valence-corrected chi connectivity index (χ2v) is 7.52. The minimum absolute atomic E-state index is 0.0401. The molecule has 1 aromatic heterocycles. The number of amides is 1. The van der Waals surface area contributed by atoms with Crippen molar-refractivity contribution in [2.24, 2.45) is 5.92 Å². The van der Waals surface area contributed by atoms with Gasteiger partial charge in [0.2, 0.25) is 5.91 Å². The van der Waals surface area contributed by atoms with Crippen LogP contribution in [-0.4, -0.2) is 22.3 Å². The van der Waals surface area contributed by atoms with E-state index in [9.17, 15) is 4.79 Å². The summed E-state index contributed by atoms with van der Waals surface area (Å²) in [5.41, 5.74) is 4.49. The summed E-state index contributed by atoms with van der Waals surface area (Å²) in [6, 6.07) is 7.98. The molecule has 0 bridgehead atoms. The fourth-order valence-corrected chi connectivity index (χ4v) is 3.62. The molecule has 0 aliphatic carbocycles. The van der Waals surface area contributed by atoms with Crippen molar-refractivity contribution in [1.29, 1.82) is 0 Å². The molecule has 1 aliphatic rings. The second kappa shape index (κ2) is 7.94. The summed E-state index contributed by atoms with van der Waals surface area (Å²) >= 11 is 0. The van der Waals surface area contributed by atoms with Gasteiger partial charge in [-0.2, -0.15) is 5.10 Å². The highest BCUT2D eigenvalue weighted by atomic mass is 16.5. The molecule has 1 atom stereocenters. The summed E-state index contributed by atoms with van der Waals surface area (Å²) in [4.78, 5) is 12.5. The van der Waals surface area contributed by atoms with E-state index in [0.717, 1.165) is 36.4 Å². The first-order valence-electron chi connectivity index (χ1n) is 9.49. The summed E-state index contributed by atoms with van der Waals surface area (Å²) in [7, 11) is 0. The van der Waals surface area contributed by atoms with Crippen molar-refractivity contribution >= 4 is 5.91 Å². The lowest BCUT2D eigenvalue weighted by molar-refractivity contribution is -0.122. The van der Waals surface area contributed by atoms with Crippen LogP contribution >= 0.6 is 0 Å². The average molecular weight is 355 g/mol. The van der Waals surface area contributed by atoms with Crippen LogP contribution in [0.5, 0.6) is 5.75 Å². The maximum absolute atomic E-state index is 12.5. The number of ether oxygens (including phenoxy) is 1. The normalized spacial score (nSPS) is 16.3. The van der Waals surface area contributed by atoms with E-state index in [1.54, 1.807) is 0 Å². The van der Waals surface area contributed by atoms with Gasteiger partial charge in [0.1, 0.15) is 5.75 Å². The van der Waals surface area contributed by atoms with E-state index in [-0.39, 0.29) is 11.9 Å². The fraction of sp³-hybridized carbons (Fsp3) is 0.524. The number of para-hydroxylation sites is 1. The largest absolute Gasteiger partial charge is 0.493 e. The molecular formula is C21H29N3O2. The molecule has 0 fully saturated rings. The molecule has 1 aliphatic heterocycles. The Bertz CT molecular complexity index is 780. The molecule has 5 nitrogen and oxygen atoms in total. The van der Waals surface area contributed by atoms with Crippen LogP contribution < -0.4 is 10.1 Å². The summed E-state index contributed by atoms with van der Waals surface area (Å²) in [6.07, 6.45) is 2.02. The van der Waals surface area contributed by atoms with E-state index in [4.69, 9.17) is 4.74 Å². The maximum atomic E-state index is 12.5. The Morgan fingerprint density at radius 2 is 2.12 bits per heavy atom. The zero-order valence-electron chi connectivity index (χ0n) is 16.2. The minimum atomic E-state index is 0.0401. The first-order valence-corrected chi connectivity index (χ1v) is 9.49. The molecule has 1 amide bonds. The van der Waals surface area contributed by atoms with Gasteiger partial charge in [-0.1, -0.05) is 32.0 Å². The van der Waals surface area contributed by atoms with E-state index >= 15 is 0 Å². The number of benzene rings is 1. The van der Waals surface area contributed by atoms with E-state index in [1.807, 2.05) is 31.2 Å². The summed E-state index contributed by atoms with van der Waals surface area (Å²) in [5.74, 6) is 1.52. The van der Waals surface area contributed by atoms with Crippen molar-refractivity contribution in [3.63, 3.8) is 0 Å². The van der Waals surface area contributed by atoms with Gasteiger partial charge in [0, 0.05) is 30.6 Å². The molecule has 0 saturated carbocycles. The molecular weight excluding hydrogens is 326 g/mol. The average Bonchev–Trinajstić information content (AvgIpc) is 2.86. The van der Waals surface area contributed by atoms with E-state index in [2.05, 4.69) is 35.9 Å². The Morgan fingerprint density at radius 1 is 1.35 bits per heavy atom. The number of fused-ring (bicyclic) bond motifs is 1. The molecule has 26 heavy (non-hydrogen) atoms. The Hall–Kier alpha value is -2.30. The molecule has 3 rings (SSSR count). The second-order valence-electron chi connectivity index (χ2n) is 7.52. The zero-order chi connectivity index (χ0) is 18.7. The number of carbonyl (C=O) groups is 1. The van der Waals surface area contributed by atoms with Crippen LogP contribution in [0.4, 0.5) is 0 Å². The van der Waals surface area contributed by atoms with Crippen molar-refractivity contribution in [2.75, 3.05) is 6.61 Å². The van der Waals surface area contributed by atoms with Gasteiger partial charge in [-0.15, -0.1) is 0 Å². The number of carbonyl (C=O) groups excluding carboxylic acids is 1. The van der Waals surface area contributed by atoms with Crippen LogP contribution in [-0.2, 0) is 17.8 Å². The third kappa shape index (κ3) is 4.09. The fourth-order valence-electron chi connectivity index (χ4n) is 3.62. The monoisotopic (exact) mass is 355 g/mol. The van der Waals surface area contributed by atoms with E-state index in [1.165, 1.54) is 11.3 Å². The van der Waals surface area contributed by atoms with Crippen LogP contribution in [0.3, 0.4) is 0 Å². The molecule has 0 saturated heterocycles. The molecule has 2 heterocycles. The molecule has 0 spiro atoms. The Balaban J connectivity index is 1.61. The van der Waals surface area contributed by atoms with Crippen molar-refractivity contribution in [3.05, 3.63) is 46.8 Å². The third-order valence-electron chi connectivity index (χ3n) is 4.97. The maximum Gasteiger partial charge on any atom is 0.220 e. The number of rotatable bonds is 6. The van der Waals surface area contributed by atoms with Crippen molar-refractivity contribution < 1.29 is 9.53 Å². The van der Waals surface area contributed by atoms with Crippen LogP contribution in [0.1, 0.15) is 55.2 Å². The lowest BCUT2D eigenvalue weighted by Crippen LogP contribution is -2.32. The van der Waals surface area contributed by atoms with Crippen molar-refractivity contribution in [1.82, 2.24) is 15.1 Å². The summed E-state index contributed by atoms with van der Waals surface area (Å²) in [5, 5.41) is 7.82. The molecule has 5 heteroatoms. The van der Waals surface area contributed by atoms with Gasteiger partial charge in [-0.25, -0.2) is 0 Å². The number of aromatic nitrogens is 2.